The van der Waals surface area contributed by atoms with Crippen LogP contribution < -0.4 is 10.5 Å². The molecule has 0 aliphatic rings. The maximum atomic E-state index is 6.31. The first kappa shape index (κ1) is 13.6. The molecule has 1 aromatic carbocycles. The number of nitrogen functional groups attached to an aromatic ring is 1. The third kappa shape index (κ3) is 2.49. The molecule has 0 unspecified atom stereocenters. The first-order chi connectivity index (χ1) is 8.93. The van der Waals surface area contributed by atoms with Gasteiger partial charge in [-0.1, -0.05) is 11.6 Å². The van der Waals surface area contributed by atoms with Gasteiger partial charge >= 0.3 is 0 Å². The monoisotopic (exact) mass is 277 g/mol. The molecule has 0 aliphatic heterocycles. The number of hydrogen-bond donors (Lipinski definition) is 1. The number of nitrogens with two attached hydrogens (primary N) is 1. The van der Waals surface area contributed by atoms with E-state index >= 15 is 0 Å². The van der Waals surface area contributed by atoms with Crippen molar-refractivity contribution >= 4 is 17.5 Å². The van der Waals surface area contributed by atoms with Crippen LogP contribution in [0.15, 0.2) is 12.1 Å². The number of halogens is 1. The summed E-state index contributed by atoms with van der Waals surface area (Å²) in [5.74, 6) is 0.977. The average molecular weight is 278 g/mol. The number of aromatic nitrogens is 2. The Morgan fingerprint density at radius 2 is 1.84 bits per heavy atom. The van der Waals surface area contributed by atoms with Gasteiger partial charge in [-0.15, -0.1) is 0 Å². The van der Waals surface area contributed by atoms with Crippen molar-refractivity contribution in [2.45, 2.75) is 20.8 Å². The molecule has 2 aromatic rings. The standard InChI is InChI=1S/C14H16ClN3O/c1-7-5-11(19-4)12(9(3)13(7)15)10-6-8(2)17-14(16)18-10/h5-6H,1-4H3,(H2,16,17,18). The summed E-state index contributed by atoms with van der Waals surface area (Å²) in [6.07, 6.45) is 0. The summed E-state index contributed by atoms with van der Waals surface area (Å²) in [5, 5.41) is 0.714. The molecule has 19 heavy (non-hydrogen) atoms. The van der Waals surface area contributed by atoms with Crippen LogP contribution in [0.5, 0.6) is 5.75 Å². The molecule has 2 rings (SSSR count). The Morgan fingerprint density at radius 1 is 1.16 bits per heavy atom. The summed E-state index contributed by atoms with van der Waals surface area (Å²) in [4.78, 5) is 8.35. The molecule has 0 bridgehead atoms. The quantitative estimate of drug-likeness (QED) is 0.915. The molecule has 1 aromatic heterocycles. The van der Waals surface area contributed by atoms with Gasteiger partial charge in [-0.3, -0.25) is 0 Å². The van der Waals surface area contributed by atoms with E-state index < -0.39 is 0 Å². The van der Waals surface area contributed by atoms with Gasteiger partial charge in [0.15, 0.2) is 0 Å². The van der Waals surface area contributed by atoms with Crippen LogP contribution >= 0.6 is 11.6 Å². The van der Waals surface area contributed by atoms with Crippen molar-refractivity contribution in [3.8, 4) is 17.0 Å². The number of ether oxygens (including phenoxy) is 1. The number of aryl methyl sites for hydroxylation is 2. The lowest BCUT2D eigenvalue weighted by Gasteiger charge is -2.15. The molecule has 5 heteroatoms. The number of rotatable bonds is 2. The van der Waals surface area contributed by atoms with Gasteiger partial charge in [0.2, 0.25) is 5.95 Å². The Labute approximate surface area is 117 Å². The molecule has 0 amide bonds. The molecule has 1 heterocycles. The molecule has 100 valence electrons. The summed E-state index contributed by atoms with van der Waals surface area (Å²) < 4.78 is 5.44. The van der Waals surface area contributed by atoms with Crippen LogP contribution in [0.1, 0.15) is 16.8 Å². The zero-order valence-corrected chi connectivity index (χ0v) is 12.2. The minimum absolute atomic E-state index is 0.244. The van der Waals surface area contributed by atoms with Crippen LogP contribution in [-0.2, 0) is 0 Å². The van der Waals surface area contributed by atoms with E-state index in [1.165, 1.54) is 0 Å². The molecule has 0 saturated carbocycles. The molecular formula is C14H16ClN3O. The minimum Gasteiger partial charge on any atom is -0.496 e. The lowest BCUT2D eigenvalue weighted by molar-refractivity contribution is 0.415. The molecular weight excluding hydrogens is 262 g/mol. The van der Waals surface area contributed by atoms with Gasteiger partial charge in [-0.2, -0.15) is 0 Å². The normalized spacial score (nSPS) is 10.6. The lowest BCUT2D eigenvalue weighted by Crippen LogP contribution is -2.01. The number of benzene rings is 1. The van der Waals surface area contributed by atoms with Crippen molar-refractivity contribution in [2.24, 2.45) is 0 Å². The summed E-state index contributed by atoms with van der Waals surface area (Å²) in [7, 11) is 1.63. The predicted molar refractivity (Wildman–Crippen MR) is 77.7 cm³/mol. The summed E-state index contributed by atoms with van der Waals surface area (Å²) in [6.45, 7) is 5.77. The van der Waals surface area contributed by atoms with Crippen molar-refractivity contribution in [3.63, 3.8) is 0 Å². The molecule has 0 saturated heterocycles. The Hall–Kier alpha value is -1.81. The molecule has 0 atom stereocenters. The smallest absolute Gasteiger partial charge is 0.220 e. The van der Waals surface area contributed by atoms with E-state index in [2.05, 4.69) is 9.97 Å². The highest BCUT2D eigenvalue weighted by Crippen LogP contribution is 2.38. The highest BCUT2D eigenvalue weighted by atomic mass is 35.5. The highest BCUT2D eigenvalue weighted by molar-refractivity contribution is 6.32. The minimum atomic E-state index is 0.244. The number of hydrogen-bond acceptors (Lipinski definition) is 4. The Balaban J connectivity index is 2.77. The SMILES string of the molecule is COc1cc(C)c(Cl)c(C)c1-c1cc(C)nc(N)n1. The summed E-state index contributed by atoms with van der Waals surface area (Å²) in [6, 6.07) is 3.77. The van der Waals surface area contributed by atoms with E-state index in [9.17, 15) is 0 Å². The highest BCUT2D eigenvalue weighted by Gasteiger charge is 2.16. The molecule has 0 fully saturated rings. The summed E-state index contributed by atoms with van der Waals surface area (Å²) in [5.41, 5.74) is 9.99. The van der Waals surface area contributed by atoms with Crippen molar-refractivity contribution in [1.29, 1.82) is 0 Å². The second-order valence-corrected chi connectivity index (χ2v) is 4.84. The van der Waals surface area contributed by atoms with Crippen molar-refractivity contribution in [2.75, 3.05) is 12.8 Å². The van der Waals surface area contributed by atoms with Crippen LogP contribution in [0.3, 0.4) is 0 Å². The average Bonchev–Trinajstić information content (AvgIpc) is 2.34. The Bertz CT molecular complexity index is 621. The predicted octanol–water partition coefficient (Wildman–Crippen LogP) is 3.31. The van der Waals surface area contributed by atoms with Crippen LogP contribution in [0.2, 0.25) is 5.02 Å². The van der Waals surface area contributed by atoms with E-state index in [1.54, 1.807) is 7.11 Å². The van der Waals surface area contributed by atoms with Crippen molar-refractivity contribution < 1.29 is 4.74 Å². The molecule has 4 nitrogen and oxygen atoms in total. The number of anilines is 1. The van der Waals surface area contributed by atoms with Gasteiger partial charge in [0.25, 0.3) is 0 Å². The van der Waals surface area contributed by atoms with Crippen LogP contribution in [0.4, 0.5) is 5.95 Å². The van der Waals surface area contributed by atoms with Crippen LogP contribution in [0.25, 0.3) is 11.3 Å². The fourth-order valence-corrected chi connectivity index (χ4v) is 2.27. The second kappa shape index (κ2) is 5.05. The first-order valence-corrected chi connectivity index (χ1v) is 6.27. The third-order valence-electron chi connectivity index (χ3n) is 2.99. The van der Waals surface area contributed by atoms with Gasteiger partial charge in [-0.05, 0) is 44.0 Å². The zero-order valence-electron chi connectivity index (χ0n) is 11.4. The molecule has 0 aliphatic carbocycles. The van der Waals surface area contributed by atoms with Crippen LogP contribution in [-0.4, -0.2) is 17.1 Å². The van der Waals surface area contributed by atoms with Gasteiger partial charge in [0.05, 0.1) is 12.8 Å². The second-order valence-electron chi connectivity index (χ2n) is 4.46. The maximum Gasteiger partial charge on any atom is 0.220 e. The van der Waals surface area contributed by atoms with E-state index in [-0.39, 0.29) is 5.95 Å². The largest absolute Gasteiger partial charge is 0.496 e. The first-order valence-electron chi connectivity index (χ1n) is 5.89. The number of nitrogens with zero attached hydrogens (tertiary/aromatic N) is 2. The topological polar surface area (TPSA) is 61.0 Å². The Morgan fingerprint density at radius 3 is 2.42 bits per heavy atom. The fraction of sp³-hybridized carbons (Fsp3) is 0.286. The van der Waals surface area contributed by atoms with E-state index in [0.29, 0.717) is 5.02 Å². The molecule has 2 N–H and O–H groups in total. The Kier molecular flexibility index (Phi) is 3.62. The van der Waals surface area contributed by atoms with Gasteiger partial charge in [0.1, 0.15) is 5.75 Å². The van der Waals surface area contributed by atoms with E-state index in [0.717, 1.165) is 33.8 Å². The zero-order chi connectivity index (χ0) is 14.2. The third-order valence-corrected chi connectivity index (χ3v) is 3.57. The van der Waals surface area contributed by atoms with Gasteiger partial charge in [0, 0.05) is 16.3 Å². The molecule has 0 spiro atoms. The summed E-state index contributed by atoms with van der Waals surface area (Å²) >= 11 is 6.31. The fourth-order valence-electron chi connectivity index (χ4n) is 2.12. The van der Waals surface area contributed by atoms with E-state index in [1.807, 2.05) is 32.9 Å². The van der Waals surface area contributed by atoms with E-state index in [4.69, 9.17) is 22.1 Å². The van der Waals surface area contributed by atoms with Gasteiger partial charge < -0.3 is 10.5 Å². The maximum absolute atomic E-state index is 6.31. The van der Waals surface area contributed by atoms with Gasteiger partial charge in [-0.25, -0.2) is 9.97 Å². The van der Waals surface area contributed by atoms with Crippen molar-refractivity contribution in [1.82, 2.24) is 9.97 Å². The number of methoxy groups -OCH3 is 1. The van der Waals surface area contributed by atoms with Crippen molar-refractivity contribution in [3.05, 3.63) is 34.0 Å². The van der Waals surface area contributed by atoms with Crippen LogP contribution in [0, 0.1) is 20.8 Å². The molecule has 0 radical (unpaired) electrons. The lowest BCUT2D eigenvalue weighted by atomic mass is 10.0.